The highest BCUT2D eigenvalue weighted by Gasteiger charge is 2.17. The largest absolute Gasteiger partial charge is 0.369 e. The van der Waals surface area contributed by atoms with E-state index in [4.69, 9.17) is 5.73 Å². The highest BCUT2D eigenvalue weighted by molar-refractivity contribution is 8.01. The van der Waals surface area contributed by atoms with E-state index in [2.05, 4.69) is 20.5 Å². The highest BCUT2D eigenvalue weighted by atomic mass is 32.2. The molecule has 2 aromatic heterocycles. The topological polar surface area (TPSA) is 114 Å². The lowest BCUT2D eigenvalue weighted by molar-refractivity contribution is -0.115. The van der Waals surface area contributed by atoms with Crippen molar-refractivity contribution in [3.05, 3.63) is 35.7 Å². The maximum atomic E-state index is 12.4. The van der Waals surface area contributed by atoms with Crippen molar-refractivity contribution in [3.63, 3.8) is 0 Å². The molecule has 0 fully saturated rings. The monoisotopic (exact) mass is 347 g/mol. The Labute approximate surface area is 139 Å². The Bertz CT molecular complexity index is 886. The number of rotatable bonds is 5. The van der Waals surface area contributed by atoms with Gasteiger partial charge in [-0.3, -0.25) is 20.0 Å². The van der Waals surface area contributed by atoms with Crippen LogP contribution in [0.1, 0.15) is 16.2 Å². The minimum Gasteiger partial charge on any atom is -0.369 e. The summed E-state index contributed by atoms with van der Waals surface area (Å²) < 4.78 is 0.853. The van der Waals surface area contributed by atoms with Gasteiger partial charge in [0.2, 0.25) is 5.91 Å². The Morgan fingerprint density at radius 1 is 1.39 bits per heavy atom. The number of aryl methyl sites for hydroxylation is 1. The van der Waals surface area contributed by atoms with Gasteiger partial charge in [0.1, 0.15) is 0 Å². The fourth-order valence-corrected chi connectivity index (χ4v) is 3.87. The number of nitrogens with one attached hydrogen (secondary N) is 2. The van der Waals surface area contributed by atoms with Crippen LogP contribution in [-0.4, -0.2) is 32.7 Å². The number of amides is 2. The number of thioether (sulfide) groups is 1. The lowest BCUT2D eigenvalue weighted by atomic mass is 10.2. The third-order valence-corrected chi connectivity index (χ3v) is 5.46. The third-order valence-electron chi connectivity index (χ3n) is 3.01. The molecule has 0 saturated carbocycles. The van der Waals surface area contributed by atoms with Crippen LogP contribution in [0.3, 0.4) is 0 Å². The average Bonchev–Trinajstić information content (AvgIpc) is 3.08. The van der Waals surface area contributed by atoms with Crippen molar-refractivity contribution in [2.24, 2.45) is 5.73 Å². The predicted molar refractivity (Wildman–Crippen MR) is 90.8 cm³/mol. The number of benzene rings is 1. The average molecular weight is 347 g/mol. The summed E-state index contributed by atoms with van der Waals surface area (Å²) in [6, 6.07) is 7.40. The van der Waals surface area contributed by atoms with Crippen molar-refractivity contribution in [1.29, 1.82) is 0 Å². The Balaban J connectivity index is 1.78. The number of carbonyl (C=O) groups excluding carboxylic acids is 2. The minimum atomic E-state index is -0.392. The molecule has 2 amide bonds. The fraction of sp³-hybridized carbons (Fsp3) is 0.143. The number of hydrogen-bond donors (Lipinski definition) is 3. The van der Waals surface area contributed by atoms with Crippen LogP contribution in [0.2, 0.25) is 0 Å². The first kappa shape index (κ1) is 15.5. The Kier molecular flexibility index (Phi) is 4.30. The molecule has 1 aromatic carbocycles. The summed E-state index contributed by atoms with van der Waals surface area (Å²) in [6.07, 6.45) is 0. The third kappa shape index (κ3) is 3.35. The molecule has 0 unspecified atom stereocenters. The van der Waals surface area contributed by atoms with Gasteiger partial charge < -0.3 is 5.73 Å². The van der Waals surface area contributed by atoms with Gasteiger partial charge in [-0.05, 0) is 13.0 Å². The number of nitrogens with two attached hydrogens (primary N) is 1. The van der Waals surface area contributed by atoms with E-state index in [1.54, 1.807) is 0 Å². The zero-order valence-corrected chi connectivity index (χ0v) is 13.8. The van der Waals surface area contributed by atoms with E-state index in [-0.39, 0.29) is 11.7 Å². The molecule has 0 spiro atoms. The molecule has 0 bridgehead atoms. The summed E-state index contributed by atoms with van der Waals surface area (Å²) in [5.41, 5.74) is 7.01. The number of nitrogens with zero attached hydrogens (tertiary/aromatic N) is 2. The van der Waals surface area contributed by atoms with Gasteiger partial charge in [0.15, 0.2) is 10.8 Å². The van der Waals surface area contributed by atoms with Crippen LogP contribution in [0.5, 0.6) is 0 Å². The molecule has 7 nitrogen and oxygen atoms in total. The number of para-hydroxylation sites is 1. The molecule has 0 saturated heterocycles. The molecule has 9 heteroatoms. The first-order valence-electron chi connectivity index (χ1n) is 6.67. The van der Waals surface area contributed by atoms with Gasteiger partial charge in [0.25, 0.3) is 5.91 Å². The smallest absolute Gasteiger partial charge is 0.278 e. The van der Waals surface area contributed by atoms with Crippen LogP contribution in [0, 0.1) is 6.92 Å². The Morgan fingerprint density at radius 2 is 2.17 bits per heavy atom. The van der Waals surface area contributed by atoms with Crippen LogP contribution in [-0.2, 0) is 4.79 Å². The maximum Gasteiger partial charge on any atom is 0.278 e. The summed E-state index contributed by atoms with van der Waals surface area (Å²) in [6.45, 7) is 1.82. The zero-order valence-electron chi connectivity index (χ0n) is 12.1. The molecule has 4 N–H and O–H groups in total. The van der Waals surface area contributed by atoms with E-state index in [1.807, 2.05) is 31.2 Å². The van der Waals surface area contributed by atoms with Crippen LogP contribution in [0.25, 0.3) is 10.9 Å². The summed E-state index contributed by atoms with van der Waals surface area (Å²) in [4.78, 5) is 27.5. The highest BCUT2D eigenvalue weighted by Crippen LogP contribution is 2.32. The van der Waals surface area contributed by atoms with Crippen molar-refractivity contribution in [2.75, 3.05) is 11.1 Å². The minimum absolute atomic E-state index is 0.181. The molecular weight excluding hydrogens is 334 g/mol. The molecule has 0 aliphatic carbocycles. The molecule has 0 radical (unpaired) electrons. The van der Waals surface area contributed by atoms with Crippen LogP contribution >= 0.6 is 23.1 Å². The fourth-order valence-electron chi connectivity index (χ4n) is 2.00. The second-order valence-electron chi connectivity index (χ2n) is 4.72. The normalized spacial score (nSPS) is 10.8. The first-order chi connectivity index (χ1) is 11.0. The van der Waals surface area contributed by atoms with E-state index < -0.39 is 5.91 Å². The molecular formula is C14H13N5O2S2. The van der Waals surface area contributed by atoms with E-state index in [0.29, 0.717) is 10.8 Å². The number of carbonyl (C=O) groups is 2. The number of hydrogen-bond acceptors (Lipinski definition) is 6. The van der Waals surface area contributed by atoms with Gasteiger partial charge in [-0.25, -0.2) is 4.98 Å². The van der Waals surface area contributed by atoms with Crippen molar-refractivity contribution in [3.8, 4) is 0 Å². The Hall–Kier alpha value is -2.39. The van der Waals surface area contributed by atoms with Gasteiger partial charge in [0.05, 0.1) is 21.2 Å². The number of aromatic amines is 1. The molecule has 0 atom stereocenters. The maximum absolute atomic E-state index is 12.4. The van der Waals surface area contributed by atoms with Gasteiger partial charge in [-0.2, -0.15) is 5.10 Å². The van der Waals surface area contributed by atoms with Crippen LogP contribution in [0.15, 0.2) is 28.5 Å². The van der Waals surface area contributed by atoms with Gasteiger partial charge in [-0.15, -0.1) is 11.8 Å². The van der Waals surface area contributed by atoms with Crippen molar-refractivity contribution in [2.45, 2.75) is 11.1 Å². The second kappa shape index (κ2) is 6.39. The number of aromatic nitrogens is 3. The van der Waals surface area contributed by atoms with Crippen LogP contribution < -0.4 is 11.1 Å². The standard InChI is InChI=1S/C14H13N5O2S2/c1-7-13(22-6-10(15)20)23-14(16-7)17-12(21)11-8-4-2-3-5-9(8)18-19-11/h2-5H,6H2,1H3,(H2,15,20)(H,18,19)(H,16,17,21). The van der Waals surface area contributed by atoms with Crippen molar-refractivity contribution < 1.29 is 9.59 Å². The molecule has 0 aliphatic heterocycles. The van der Waals surface area contributed by atoms with E-state index in [0.717, 1.165) is 20.8 Å². The van der Waals surface area contributed by atoms with E-state index in [1.165, 1.54) is 23.1 Å². The number of H-pyrrole nitrogens is 1. The molecule has 2 heterocycles. The molecule has 23 heavy (non-hydrogen) atoms. The quantitative estimate of drug-likeness (QED) is 0.612. The Morgan fingerprint density at radius 3 is 2.96 bits per heavy atom. The summed E-state index contributed by atoms with van der Waals surface area (Å²) >= 11 is 2.62. The zero-order chi connectivity index (χ0) is 16.4. The van der Waals surface area contributed by atoms with E-state index in [9.17, 15) is 9.59 Å². The number of thiazole rings is 1. The second-order valence-corrected chi connectivity index (χ2v) is 6.96. The van der Waals surface area contributed by atoms with Crippen molar-refractivity contribution in [1.82, 2.24) is 15.2 Å². The first-order valence-corrected chi connectivity index (χ1v) is 8.48. The summed E-state index contributed by atoms with van der Waals surface area (Å²) in [5.74, 6) is -0.542. The summed E-state index contributed by atoms with van der Waals surface area (Å²) in [7, 11) is 0. The summed E-state index contributed by atoms with van der Waals surface area (Å²) in [5, 5.41) is 10.8. The number of fused-ring (bicyclic) bond motifs is 1. The van der Waals surface area contributed by atoms with Crippen molar-refractivity contribution >= 4 is 50.9 Å². The number of anilines is 1. The predicted octanol–water partition coefficient (Wildman–Crippen LogP) is 2.16. The van der Waals surface area contributed by atoms with E-state index >= 15 is 0 Å². The lowest BCUT2D eigenvalue weighted by Gasteiger charge is -1.98. The molecule has 118 valence electrons. The van der Waals surface area contributed by atoms with Gasteiger partial charge >= 0.3 is 0 Å². The molecule has 0 aliphatic rings. The van der Waals surface area contributed by atoms with Crippen LogP contribution in [0.4, 0.5) is 5.13 Å². The lowest BCUT2D eigenvalue weighted by Crippen LogP contribution is -2.12. The van der Waals surface area contributed by atoms with Gasteiger partial charge in [-0.1, -0.05) is 29.5 Å². The molecule has 3 aromatic rings. The molecule has 3 rings (SSSR count). The SMILES string of the molecule is Cc1nc(NC(=O)c2n[nH]c3ccccc23)sc1SCC(N)=O. The number of primary amides is 1. The van der Waals surface area contributed by atoms with Gasteiger partial charge in [0, 0.05) is 5.39 Å².